The van der Waals surface area contributed by atoms with E-state index in [2.05, 4.69) is 10.6 Å². The first kappa shape index (κ1) is 19.7. The van der Waals surface area contributed by atoms with Gasteiger partial charge in [-0.1, -0.05) is 18.5 Å². The van der Waals surface area contributed by atoms with E-state index in [1.54, 1.807) is 32.0 Å². The molecule has 2 unspecified atom stereocenters. The van der Waals surface area contributed by atoms with Crippen molar-refractivity contribution in [2.24, 2.45) is 11.7 Å². The molecule has 0 saturated carbocycles. The van der Waals surface area contributed by atoms with Crippen molar-refractivity contribution in [3.05, 3.63) is 28.8 Å². The molecule has 1 rings (SSSR count). The summed E-state index contributed by atoms with van der Waals surface area (Å²) >= 11 is 5.92. The molecule has 21 heavy (non-hydrogen) atoms. The molecule has 0 saturated heterocycles. The highest BCUT2D eigenvalue weighted by atomic mass is 35.5. The van der Waals surface area contributed by atoms with E-state index < -0.39 is 0 Å². The summed E-state index contributed by atoms with van der Waals surface area (Å²) < 4.78 is 0. The van der Waals surface area contributed by atoms with Gasteiger partial charge >= 0.3 is 0 Å². The molecule has 0 bridgehead atoms. The Morgan fingerprint density at radius 3 is 2.48 bits per heavy atom. The van der Waals surface area contributed by atoms with Crippen molar-refractivity contribution in [1.29, 1.82) is 0 Å². The van der Waals surface area contributed by atoms with Gasteiger partial charge in [-0.2, -0.15) is 0 Å². The van der Waals surface area contributed by atoms with Gasteiger partial charge in [0.1, 0.15) is 0 Å². The van der Waals surface area contributed by atoms with E-state index in [-0.39, 0.29) is 36.2 Å². The molecule has 0 fully saturated rings. The van der Waals surface area contributed by atoms with E-state index in [1.807, 2.05) is 6.92 Å². The zero-order valence-corrected chi connectivity index (χ0v) is 13.8. The third-order valence-corrected chi connectivity index (χ3v) is 3.26. The molecule has 0 aromatic heterocycles. The number of amides is 2. The molecule has 7 heteroatoms. The van der Waals surface area contributed by atoms with Crippen molar-refractivity contribution in [1.82, 2.24) is 5.32 Å². The maximum atomic E-state index is 12.0. The zero-order chi connectivity index (χ0) is 15.3. The second kappa shape index (κ2) is 8.87. The summed E-state index contributed by atoms with van der Waals surface area (Å²) in [6, 6.07) is 4.47. The summed E-state index contributed by atoms with van der Waals surface area (Å²) in [5.74, 6) is -0.864. The first-order chi connectivity index (χ1) is 9.36. The number of anilines is 1. The second-order valence-corrected chi connectivity index (χ2v) is 5.12. The summed E-state index contributed by atoms with van der Waals surface area (Å²) in [6.07, 6.45) is 0. The minimum atomic E-state index is -0.365. The van der Waals surface area contributed by atoms with Crippen LogP contribution in [0.2, 0.25) is 5.02 Å². The smallest absolute Gasteiger partial charge is 0.253 e. The Hall–Kier alpha value is -1.30. The van der Waals surface area contributed by atoms with Crippen molar-refractivity contribution in [2.45, 2.75) is 26.8 Å². The molecule has 0 aliphatic heterocycles. The summed E-state index contributed by atoms with van der Waals surface area (Å²) in [7, 11) is 0. The van der Waals surface area contributed by atoms with E-state index in [1.165, 1.54) is 0 Å². The van der Waals surface area contributed by atoms with E-state index >= 15 is 0 Å². The summed E-state index contributed by atoms with van der Waals surface area (Å²) in [5, 5.41) is 5.84. The average Bonchev–Trinajstić information content (AvgIpc) is 2.37. The number of nitrogens with two attached hydrogens (primary N) is 1. The lowest BCUT2D eigenvalue weighted by molar-refractivity contribution is -0.119. The van der Waals surface area contributed by atoms with Crippen molar-refractivity contribution in [3.8, 4) is 0 Å². The van der Waals surface area contributed by atoms with Crippen LogP contribution in [0.1, 0.15) is 31.1 Å². The zero-order valence-electron chi connectivity index (χ0n) is 12.3. The molecular formula is C14H21Cl2N3O2. The fourth-order valence-electron chi connectivity index (χ4n) is 1.56. The fraction of sp³-hybridized carbons (Fsp3) is 0.429. The average molecular weight is 334 g/mol. The van der Waals surface area contributed by atoms with Gasteiger partial charge in [0.25, 0.3) is 5.91 Å². The lowest BCUT2D eigenvalue weighted by Crippen LogP contribution is -2.35. The molecular weight excluding hydrogens is 313 g/mol. The number of hydrogen-bond acceptors (Lipinski definition) is 3. The van der Waals surface area contributed by atoms with Crippen molar-refractivity contribution >= 4 is 41.5 Å². The molecule has 1 aromatic carbocycles. The molecule has 0 aliphatic rings. The predicted octanol–water partition coefficient (Wildman–Crippen LogP) is 2.43. The highest BCUT2D eigenvalue weighted by Gasteiger charge is 2.20. The van der Waals surface area contributed by atoms with Crippen LogP contribution in [-0.4, -0.2) is 24.4 Å². The molecule has 118 valence electrons. The van der Waals surface area contributed by atoms with Gasteiger partial charge in [-0.05, 0) is 32.0 Å². The summed E-state index contributed by atoms with van der Waals surface area (Å²) in [4.78, 5) is 24.0. The van der Waals surface area contributed by atoms with Crippen LogP contribution >= 0.6 is 24.0 Å². The topological polar surface area (TPSA) is 84.2 Å². The Kier molecular flexibility index (Phi) is 8.32. The molecule has 0 aliphatic carbocycles. The first-order valence-corrected chi connectivity index (χ1v) is 6.88. The molecule has 5 nitrogen and oxygen atoms in total. The predicted molar refractivity (Wildman–Crippen MR) is 88.2 cm³/mol. The van der Waals surface area contributed by atoms with Gasteiger partial charge in [0.2, 0.25) is 5.91 Å². The van der Waals surface area contributed by atoms with Crippen LogP contribution in [-0.2, 0) is 4.79 Å². The maximum absolute atomic E-state index is 12.0. The number of benzene rings is 1. The summed E-state index contributed by atoms with van der Waals surface area (Å²) in [5.41, 5.74) is 6.47. The van der Waals surface area contributed by atoms with Gasteiger partial charge in [0.05, 0.1) is 17.2 Å². The SMILES string of the molecule is CCNC(=O)c1ccc(Cl)cc1NC(=O)C(C)C(C)N.Cl. The van der Waals surface area contributed by atoms with Crippen LogP contribution in [0.15, 0.2) is 18.2 Å². The number of hydrogen-bond donors (Lipinski definition) is 3. The maximum Gasteiger partial charge on any atom is 0.253 e. The normalized spacial score (nSPS) is 12.8. The van der Waals surface area contributed by atoms with Crippen LogP contribution in [0.3, 0.4) is 0 Å². The van der Waals surface area contributed by atoms with Gasteiger partial charge in [-0.25, -0.2) is 0 Å². The van der Waals surface area contributed by atoms with E-state index in [9.17, 15) is 9.59 Å². The Balaban J connectivity index is 0.00000400. The quantitative estimate of drug-likeness (QED) is 0.773. The minimum absolute atomic E-state index is 0. The Morgan fingerprint density at radius 2 is 1.95 bits per heavy atom. The Morgan fingerprint density at radius 1 is 1.33 bits per heavy atom. The summed E-state index contributed by atoms with van der Waals surface area (Å²) in [6.45, 7) is 5.82. The van der Waals surface area contributed by atoms with E-state index in [4.69, 9.17) is 17.3 Å². The number of carbonyl (C=O) groups excluding carboxylic acids is 2. The monoisotopic (exact) mass is 333 g/mol. The molecule has 2 atom stereocenters. The van der Waals surface area contributed by atoms with Gasteiger partial charge in [0.15, 0.2) is 0 Å². The number of halogens is 2. The third-order valence-electron chi connectivity index (χ3n) is 3.02. The van der Waals surface area contributed by atoms with Crippen LogP contribution in [0, 0.1) is 5.92 Å². The lowest BCUT2D eigenvalue weighted by Gasteiger charge is -2.17. The fourth-order valence-corrected chi connectivity index (χ4v) is 1.73. The van der Waals surface area contributed by atoms with Crippen LogP contribution < -0.4 is 16.4 Å². The molecule has 4 N–H and O–H groups in total. The van der Waals surface area contributed by atoms with Crippen LogP contribution in [0.25, 0.3) is 0 Å². The molecule has 0 heterocycles. The highest BCUT2D eigenvalue weighted by Crippen LogP contribution is 2.22. The third kappa shape index (κ3) is 5.53. The number of nitrogens with one attached hydrogen (secondary N) is 2. The lowest BCUT2D eigenvalue weighted by atomic mass is 10.0. The Labute approximate surface area is 136 Å². The minimum Gasteiger partial charge on any atom is -0.352 e. The first-order valence-electron chi connectivity index (χ1n) is 6.51. The molecule has 0 radical (unpaired) electrons. The molecule has 0 spiro atoms. The van der Waals surface area contributed by atoms with Gasteiger partial charge in [-0.3, -0.25) is 9.59 Å². The molecule has 1 aromatic rings. The standard InChI is InChI=1S/C14H20ClN3O2.ClH/c1-4-17-14(20)11-6-5-10(15)7-12(11)18-13(19)8(2)9(3)16;/h5-9H,4,16H2,1-3H3,(H,17,20)(H,18,19);1H. The van der Waals surface area contributed by atoms with Gasteiger partial charge in [0, 0.05) is 17.6 Å². The van der Waals surface area contributed by atoms with Crippen molar-refractivity contribution < 1.29 is 9.59 Å². The van der Waals surface area contributed by atoms with Gasteiger partial charge < -0.3 is 16.4 Å². The Bertz CT molecular complexity index is 507. The van der Waals surface area contributed by atoms with Crippen molar-refractivity contribution in [2.75, 3.05) is 11.9 Å². The number of carbonyl (C=O) groups is 2. The van der Waals surface area contributed by atoms with E-state index in [0.717, 1.165) is 0 Å². The van der Waals surface area contributed by atoms with Crippen LogP contribution in [0.4, 0.5) is 5.69 Å². The van der Waals surface area contributed by atoms with Crippen molar-refractivity contribution in [3.63, 3.8) is 0 Å². The molecule has 2 amide bonds. The van der Waals surface area contributed by atoms with Gasteiger partial charge in [-0.15, -0.1) is 12.4 Å². The highest BCUT2D eigenvalue weighted by molar-refractivity contribution is 6.31. The second-order valence-electron chi connectivity index (χ2n) is 4.69. The number of rotatable bonds is 5. The van der Waals surface area contributed by atoms with Crippen LogP contribution in [0.5, 0.6) is 0 Å². The van der Waals surface area contributed by atoms with E-state index in [0.29, 0.717) is 22.8 Å². The largest absolute Gasteiger partial charge is 0.352 e.